The van der Waals surface area contributed by atoms with Gasteiger partial charge in [-0.3, -0.25) is 14.8 Å². The first-order valence-corrected chi connectivity index (χ1v) is 8.66. The Morgan fingerprint density at radius 3 is 2.50 bits per heavy atom. The fourth-order valence-corrected chi connectivity index (χ4v) is 3.33. The highest BCUT2D eigenvalue weighted by atomic mass is 127. The van der Waals surface area contributed by atoms with Crippen LogP contribution in [0.1, 0.15) is 39.5 Å². The van der Waals surface area contributed by atoms with E-state index in [0.717, 1.165) is 12.5 Å². The van der Waals surface area contributed by atoms with Crippen molar-refractivity contribution >= 4 is 29.9 Å². The lowest BCUT2D eigenvalue weighted by atomic mass is 10.1. The molecule has 3 heterocycles. The van der Waals surface area contributed by atoms with Gasteiger partial charge in [-0.15, -0.1) is 24.0 Å². The van der Waals surface area contributed by atoms with Crippen molar-refractivity contribution in [3.8, 4) is 0 Å². The number of unbranched alkanes of at least 4 members (excludes halogenated alkanes) is 2. The number of guanidine groups is 1. The Kier molecular flexibility index (Phi) is 9.66. The van der Waals surface area contributed by atoms with E-state index in [0.29, 0.717) is 12.1 Å². The minimum atomic E-state index is 0. The van der Waals surface area contributed by atoms with Crippen LogP contribution >= 0.6 is 24.0 Å². The molecule has 0 aromatic heterocycles. The highest BCUT2D eigenvalue weighted by molar-refractivity contribution is 14.0. The van der Waals surface area contributed by atoms with Crippen molar-refractivity contribution in [3.63, 3.8) is 0 Å². The van der Waals surface area contributed by atoms with Gasteiger partial charge in [0, 0.05) is 58.4 Å². The van der Waals surface area contributed by atoms with Crippen LogP contribution in [0, 0.1) is 0 Å². The number of rotatable bonds is 7. The zero-order valence-corrected chi connectivity index (χ0v) is 16.8. The standard InChI is InChI=1S/C16H33N5.HI/c1-4-5-6-7-14(2)19-16(17-3)18-12-15-13-20-8-10-21(15)11-9-20;/h14-15H,4-13H2,1-3H3,(H2,17,18,19);1H. The summed E-state index contributed by atoms with van der Waals surface area (Å²) in [6.07, 6.45) is 5.13. The van der Waals surface area contributed by atoms with Gasteiger partial charge in [0.15, 0.2) is 5.96 Å². The Bertz CT molecular complexity index is 328. The molecule has 3 aliphatic rings. The molecule has 6 heteroatoms. The molecule has 130 valence electrons. The van der Waals surface area contributed by atoms with Gasteiger partial charge < -0.3 is 10.6 Å². The van der Waals surface area contributed by atoms with Crippen molar-refractivity contribution < 1.29 is 0 Å². The minimum absolute atomic E-state index is 0. The summed E-state index contributed by atoms with van der Waals surface area (Å²) in [5, 5.41) is 7.03. The van der Waals surface area contributed by atoms with Crippen molar-refractivity contribution in [1.82, 2.24) is 20.4 Å². The van der Waals surface area contributed by atoms with Crippen LogP contribution in [0.15, 0.2) is 4.99 Å². The molecular weight excluding hydrogens is 389 g/mol. The Labute approximate surface area is 153 Å². The lowest BCUT2D eigenvalue weighted by Gasteiger charge is -2.47. The maximum absolute atomic E-state index is 4.37. The summed E-state index contributed by atoms with van der Waals surface area (Å²) < 4.78 is 0. The SMILES string of the molecule is CCCCCC(C)NC(=NC)NCC1CN2CCN1CC2.I. The van der Waals surface area contributed by atoms with Gasteiger partial charge in [0.25, 0.3) is 0 Å². The molecule has 2 bridgehead atoms. The Morgan fingerprint density at radius 2 is 1.95 bits per heavy atom. The molecule has 22 heavy (non-hydrogen) atoms. The lowest BCUT2D eigenvalue weighted by Crippen LogP contribution is -2.64. The van der Waals surface area contributed by atoms with Crippen molar-refractivity contribution in [2.24, 2.45) is 4.99 Å². The number of aliphatic imine (C=N–C) groups is 1. The molecule has 0 amide bonds. The summed E-state index contributed by atoms with van der Waals surface area (Å²) in [7, 11) is 1.87. The normalized spacial score (nSPS) is 28.9. The van der Waals surface area contributed by atoms with Gasteiger partial charge in [-0.2, -0.15) is 0 Å². The number of fused-ring (bicyclic) bond motifs is 3. The molecule has 3 aliphatic heterocycles. The molecule has 3 fully saturated rings. The third kappa shape index (κ3) is 6.20. The van der Waals surface area contributed by atoms with Gasteiger partial charge in [0.1, 0.15) is 0 Å². The van der Waals surface area contributed by atoms with Crippen LogP contribution in [0.25, 0.3) is 0 Å². The number of nitrogens with one attached hydrogen (secondary N) is 2. The number of hydrogen-bond donors (Lipinski definition) is 2. The van der Waals surface area contributed by atoms with E-state index in [2.05, 4.69) is 39.3 Å². The van der Waals surface area contributed by atoms with E-state index in [4.69, 9.17) is 0 Å². The van der Waals surface area contributed by atoms with E-state index >= 15 is 0 Å². The quantitative estimate of drug-likeness (QED) is 0.283. The molecule has 2 unspecified atom stereocenters. The smallest absolute Gasteiger partial charge is 0.191 e. The molecule has 3 saturated heterocycles. The maximum atomic E-state index is 4.37. The van der Waals surface area contributed by atoms with Gasteiger partial charge in [-0.05, 0) is 13.3 Å². The molecule has 2 atom stereocenters. The van der Waals surface area contributed by atoms with E-state index < -0.39 is 0 Å². The first-order valence-electron chi connectivity index (χ1n) is 8.66. The van der Waals surface area contributed by atoms with Crippen LogP contribution in [0.4, 0.5) is 0 Å². The Morgan fingerprint density at radius 1 is 1.23 bits per heavy atom. The largest absolute Gasteiger partial charge is 0.355 e. The second kappa shape index (κ2) is 10.6. The monoisotopic (exact) mass is 423 g/mol. The van der Waals surface area contributed by atoms with Gasteiger partial charge in [-0.25, -0.2) is 0 Å². The van der Waals surface area contributed by atoms with E-state index in [9.17, 15) is 0 Å². The zero-order chi connectivity index (χ0) is 15.1. The molecular formula is C16H34IN5. The Hall–Kier alpha value is -0.0800. The van der Waals surface area contributed by atoms with Crippen LogP contribution in [-0.4, -0.2) is 74.2 Å². The average molecular weight is 423 g/mol. The lowest BCUT2D eigenvalue weighted by molar-refractivity contribution is 0.0154. The van der Waals surface area contributed by atoms with E-state index in [1.165, 1.54) is 58.4 Å². The van der Waals surface area contributed by atoms with E-state index in [1.807, 2.05) is 7.05 Å². The molecule has 0 aromatic carbocycles. The highest BCUT2D eigenvalue weighted by Gasteiger charge is 2.31. The van der Waals surface area contributed by atoms with Crippen LogP contribution in [0.2, 0.25) is 0 Å². The van der Waals surface area contributed by atoms with Crippen molar-refractivity contribution in [2.75, 3.05) is 46.3 Å². The van der Waals surface area contributed by atoms with Crippen LogP contribution < -0.4 is 10.6 Å². The summed E-state index contributed by atoms with van der Waals surface area (Å²) in [6, 6.07) is 1.14. The molecule has 0 saturated carbocycles. The van der Waals surface area contributed by atoms with E-state index in [1.54, 1.807) is 0 Å². The predicted molar refractivity (Wildman–Crippen MR) is 105 cm³/mol. The average Bonchev–Trinajstić information content (AvgIpc) is 2.53. The Balaban J connectivity index is 0.00000242. The van der Waals surface area contributed by atoms with Crippen molar-refractivity contribution in [2.45, 2.75) is 51.6 Å². The van der Waals surface area contributed by atoms with Crippen LogP contribution in [0.5, 0.6) is 0 Å². The molecule has 0 spiro atoms. The summed E-state index contributed by atoms with van der Waals surface area (Å²) in [4.78, 5) is 9.56. The first-order chi connectivity index (χ1) is 10.2. The number of nitrogens with zero attached hydrogens (tertiary/aromatic N) is 3. The van der Waals surface area contributed by atoms with Gasteiger partial charge >= 0.3 is 0 Å². The summed E-state index contributed by atoms with van der Waals surface area (Å²) >= 11 is 0. The first kappa shape index (κ1) is 20.0. The van der Waals surface area contributed by atoms with Crippen molar-refractivity contribution in [1.29, 1.82) is 0 Å². The molecule has 0 radical (unpaired) electrons. The number of piperazine rings is 3. The summed E-state index contributed by atoms with van der Waals surface area (Å²) in [5.41, 5.74) is 0. The second-order valence-corrected chi connectivity index (χ2v) is 6.48. The second-order valence-electron chi connectivity index (χ2n) is 6.48. The highest BCUT2D eigenvalue weighted by Crippen LogP contribution is 2.14. The van der Waals surface area contributed by atoms with E-state index in [-0.39, 0.29) is 24.0 Å². The van der Waals surface area contributed by atoms with Gasteiger partial charge in [0.05, 0.1) is 0 Å². The molecule has 0 aromatic rings. The molecule has 3 rings (SSSR count). The van der Waals surface area contributed by atoms with Gasteiger partial charge in [0.2, 0.25) is 0 Å². The van der Waals surface area contributed by atoms with Crippen LogP contribution in [0.3, 0.4) is 0 Å². The fraction of sp³-hybridized carbons (Fsp3) is 0.938. The van der Waals surface area contributed by atoms with Crippen LogP contribution in [-0.2, 0) is 0 Å². The minimum Gasteiger partial charge on any atom is -0.355 e. The van der Waals surface area contributed by atoms with Gasteiger partial charge in [-0.1, -0.05) is 26.2 Å². The topological polar surface area (TPSA) is 42.9 Å². The number of halogens is 1. The fourth-order valence-electron chi connectivity index (χ4n) is 3.33. The van der Waals surface area contributed by atoms with Crippen molar-refractivity contribution in [3.05, 3.63) is 0 Å². The third-order valence-electron chi connectivity index (χ3n) is 4.74. The maximum Gasteiger partial charge on any atom is 0.191 e. The summed E-state index contributed by atoms with van der Waals surface area (Å²) in [6.45, 7) is 11.7. The zero-order valence-electron chi connectivity index (χ0n) is 14.5. The molecule has 5 nitrogen and oxygen atoms in total. The predicted octanol–water partition coefficient (Wildman–Crippen LogP) is 1.74. The third-order valence-corrected chi connectivity index (χ3v) is 4.74. The molecule has 2 N–H and O–H groups in total. The number of hydrogen-bond acceptors (Lipinski definition) is 3. The molecule has 0 aliphatic carbocycles. The summed E-state index contributed by atoms with van der Waals surface area (Å²) in [5.74, 6) is 0.955.